The number of alkyl halides is 5. The fourth-order valence-electron chi connectivity index (χ4n) is 1.30. The van der Waals surface area contributed by atoms with Gasteiger partial charge in [0, 0.05) is 11.8 Å². The summed E-state index contributed by atoms with van der Waals surface area (Å²) in [5.74, 6) is -1.21. The molecule has 0 aliphatic rings. The number of rotatable bonds is 3. The zero-order chi connectivity index (χ0) is 14.8. The molecule has 9 heteroatoms. The predicted molar refractivity (Wildman–Crippen MR) is 55.2 cm³/mol. The standard InChI is InChI=1S/C10H7ClF5NO2/c1-2-19-9(18)7-6(11)5(10(14,15)16)4(3-17-7)8(12)13/h3,8H,2H2,1H3. The third-order valence-electron chi connectivity index (χ3n) is 2.04. The Morgan fingerprint density at radius 2 is 2.05 bits per heavy atom. The molecule has 0 bridgehead atoms. The summed E-state index contributed by atoms with van der Waals surface area (Å²) in [5, 5.41) is -1.19. The molecule has 1 aromatic rings. The molecule has 0 aliphatic carbocycles. The fourth-order valence-corrected chi connectivity index (χ4v) is 1.64. The van der Waals surface area contributed by atoms with Crippen LogP contribution in [0.15, 0.2) is 6.20 Å². The van der Waals surface area contributed by atoms with E-state index in [9.17, 15) is 26.7 Å². The van der Waals surface area contributed by atoms with Gasteiger partial charge in [0.15, 0.2) is 5.69 Å². The quantitative estimate of drug-likeness (QED) is 0.628. The van der Waals surface area contributed by atoms with Crippen molar-refractivity contribution in [2.24, 2.45) is 0 Å². The number of carbonyl (C=O) groups is 1. The third-order valence-corrected chi connectivity index (χ3v) is 2.40. The van der Waals surface area contributed by atoms with Crippen LogP contribution in [0.3, 0.4) is 0 Å². The van der Waals surface area contributed by atoms with Crippen LogP contribution in [0.4, 0.5) is 22.0 Å². The second kappa shape index (κ2) is 5.68. The number of hydrogen-bond donors (Lipinski definition) is 0. The smallest absolute Gasteiger partial charge is 0.418 e. The molecule has 0 radical (unpaired) electrons. The number of halogens is 6. The average molecular weight is 304 g/mol. The van der Waals surface area contributed by atoms with Gasteiger partial charge in [0.2, 0.25) is 0 Å². The van der Waals surface area contributed by atoms with Gasteiger partial charge in [-0.2, -0.15) is 13.2 Å². The topological polar surface area (TPSA) is 39.2 Å². The zero-order valence-corrected chi connectivity index (χ0v) is 10.1. The number of carbonyl (C=O) groups excluding carboxylic acids is 1. The molecule has 0 spiro atoms. The van der Waals surface area contributed by atoms with E-state index >= 15 is 0 Å². The largest absolute Gasteiger partial charge is 0.461 e. The van der Waals surface area contributed by atoms with E-state index < -0.39 is 40.4 Å². The van der Waals surface area contributed by atoms with Crippen molar-refractivity contribution in [3.05, 3.63) is 28.0 Å². The maximum atomic E-state index is 12.7. The van der Waals surface area contributed by atoms with Crippen LogP contribution in [0.5, 0.6) is 0 Å². The Hall–Kier alpha value is -1.44. The molecule has 0 amide bonds. The van der Waals surface area contributed by atoms with Crippen molar-refractivity contribution >= 4 is 17.6 Å². The fraction of sp³-hybridized carbons (Fsp3) is 0.400. The molecular formula is C10H7ClF5NO2. The summed E-state index contributed by atoms with van der Waals surface area (Å²) in [6.45, 7) is 1.30. The van der Waals surface area contributed by atoms with Crippen molar-refractivity contribution < 1.29 is 31.5 Å². The summed E-state index contributed by atoms with van der Waals surface area (Å²) in [7, 11) is 0. The van der Waals surface area contributed by atoms with Gasteiger partial charge in [-0.25, -0.2) is 18.6 Å². The van der Waals surface area contributed by atoms with Gasteiger partial charge in [0.05, 0.1) is 17.2 Å². The van der Waals surface area contributed by atoms with Crippen LogP contribution in [0.2, 0.25) is 5.02 Å². The first-order valence-corrected chi connectivity index (χ1v) is 5.28. The van der Waals surface area contributed by atoms with E-state index in [1.165, 1.54) is 6.92 Å². The van der Waals surface area contributed by atoms with Crippen molar-refractivity contribution in [1.82, 2.24) is 4.98 Å². The normalized spacial score (nSPS) is 11.8. The second-order valence-electron chi connectivity index (χ2n) is 3.27. The summed E-state index contributed by atoms with van der Waals surface area (Å²) < 4.78 is 67.5. The molecular weight excluding hydrogens is 297 g/mol. The van der Waals surface area contributed by atoms with Crippen molar-refractivity contribution in [3.63, 3.8) is 0 Å². The molecule has 1 rings (SSSR count). The molecule has 0 aliphatic heterocycles. The molecule has 0 fully saturated rings. The maximum absolute atomic E-state index is 12.7. The first-order chi connectivity index (χ1) is 8.70. The molecule has 0 N–H and O–H groups in total. The first kappa shape index (κ1) is 15.6. The SMILES string of the molecule is CCOC(=O)c1ncc(C(F)F)c(C(F)(F)F)c1Cl. The predicted octanol–water partition coefficient (Wildman–Crippen LogP) is 3.87. The van der Waals surface area contributed by atoms with Gasteiger partial charge >= 0.3 is 12.1 Å². The number of esters is 1. The van der Waals surface area contributed by atoms with E-state index in [1.54, 1.807) is 0 Å². The monoisotopic (exact) mass is 303 g/mol. The highest BCUT2D eigenvalue weighted by molar-refractivity contribution is 6.34. The van der Waals surface area contributed by atoms with Crippen molar-refractivity contribution in [3.8, 4) is 0 Å². The highest BCUT2D eigenvalue weighted by Gasteiger charge is 2.40. The Labute approximate surface area is 109 Å². The Balaban J connectivity index is 3.47. The molecule has 0 aromatic carbocycles. The van der Waals surface area contributed by atoms with Crippen LogP contribution in [-0.2, 0) is 10.9 Å². The molecule has 1 aromatic heterocycles. The molecule has 0 saturated heterocycles. The summed E-state index contributed by atoms with van der Waals surface area (Å²) in [6, 6.07) is 0. The van der Waals surface area contributed by atoms with Gasteiger partial charge in [-0.05, 0) is 6.92 Å². The zero-order valence-electron chi connectivity index (χ0n) is 9.39. The lowest BCUT2D eigenvalue weighted by Gasteiger charge is -2.15. The van der Waals surface area contributed by atoms with Crippen LogP contribution in [0, 0.1) is 0 Å². The van der Waals surface area contributed by atoms with Crippen LogP contribution in [0.25, 0.3) is 0 Å². The summed E-state index contributed by atoms with van der Waals surface area (Å²) >= 11 is 5.36. The third kappa shape index (κ3) is 3.31. The van der Waals surface area contributed by atoms with Crippen molar-refractivity contribution in [2.45, 2.75) is 19.5 Å². The molecule has 1 heterocycles. The van der Waals surface area contributed by atoms with Gasteiger partial charge < -0.3 is 4.74 Å². The summed E-state index contributed by atoms with van der Waals surface area (Å²) in [6.07, 6.45) is -8.28. The Morgan fingerprint density at radius 1 is 1.47 bits per heavy atom. The van der Waals surface area contributed by atoms with E-state index in [0.29, 0.717) is 0 Å². The number of ether oxygens (including phenoxy) is 1. The van der Waals surface area contributed by atoms with Gasteiger partial charge in [-0.15, -0.1) is 0 Å². The summed E-state index contributed by atoms with van der Waals surface area (Å²) in [4.78, 5) is 14.5. The average Bonchev–Trinajstić information content (AvgIpc) is 2.26. The van der Waals surface area contributed by atoms with Crippen LogP contribution in [-0.4, -0.2) is 17.6 Å². The first-order valence-electron chi connectivity index (χ1n) is 4.91. The van der Waals surface area contributed by atoms with Gasteiger partial charge in [0.25, 0.3) is 6.43 Å². The van der Waals surface area contributed by atoms with E-state index in [2.05, 4.69) is 9.72 Å². The van der Waals surface area contributed by atoms with Crippen LogP contribution in [0.1, 0.15) is 35.0 Å². The van der Waals surface area contributed by atoms with Crippen LogP contribution < -0.4 is 0 Å². The number of hydrogen-bond acceptors (Lipinski definition) is 3. The lowest BCUT2D eigenvalue weighted by molar-refractivity contribution is -0.139. The van der Waals surface area contributed by atoms with E-state index in [-0.39, 0.29) is 12.8 Å². The minimum atomic E-state index is -5.13. The molecule has 0 unspecified atom stereocenters. The molecule has 0 atom stereocenters. The van der Waals surface area contributed by atoms with Crippen molar-refractivity contribution in [2.75, 3.05) is 6.61 Å². The van der Waals surface area contributed by atoms with E-state index in [1.807, 2.05) is 0 Å². The van der Waals surface area contributed by atoms with Gasteiger partial charge in [-0.1, -0.05) is 11.6 Å². The Morgan fingerprint density at radius 3 is 2.47 bits per heavy atom. The molecule has 3 nitrogen and oxygen atoms in total. The Bertz CT molecular complexity index is 490. The number of pyridine rings is 1. The second-order valence-corrected chi connectivity index (χ2v) is 3.65. The van der Waals surface area contributed by atoms with E-state index in [0.717, 1.165) is 0 Å². The van der Waals surface area contributed by atoms with Crippen LogP contribution >= 0.6 is 11.6 Å². The number of nitrogens with zero attached hydrogens (tertiary/aromatic N) is 1. The lowest BCUT2D eigenvalue weighted by Crippen LogP contribution is -2.16. The minimum Gasteiger partial charge on any atom is -0.461 e. The maximum Gasteiger partial charge on any atom is 0.418 e. The summed E-state index contributed by atoms with van der Waals surface area (Å²) in [5.41, 5.74) is -4.01. The Kier molecular flexibility index (Phi) is 4.67. The highest BCUT2D eigenvalue weighted by Crippen LogP contribution is 2.41. The lowest BCUT2D eigenvalue weighted by atomic mass is 10.1. The molecule has 106 valence electrons. The highest BCUT2D eigenvalue weighted by atomic mass is 35.5. The van der Waals surface area contributed by atoms with Gasteiger partial charge in [0.1, 0.15) is 0 Å². The molecule has 0 saturated carbocycles. The minimum absolute atomic E-state index is 0.116. The van der Waals surface area contributed by atoms with Crippen molar-refractivity contribution in [1.29, 1.82) is 0 Å². The van der Waals surface area contributed by atoms with E-state index in [4.69, 9.17) is 11.6 Å². The molecule has 19 heavy (non-hydrogen) atoms. The number of aromatic nitrogens is 1. The van der Waals surface area contributed by atoms with Gasteiger partial charge in [-0.3, -0.25) is 0 Å².